The summed E-state index contributed by atoms with van der Waals surface area (Å²) < 4.78 is 8.06. The summed E-state index contributed by atoms with van der Waals surface area (Å²) in [6.45, 7) is 9.03. The molecule has 1 atom stereocenters. The predicted octanol–water partition coefficient (Wildman–Crippen LogP) is 6.33. The zero-order valence-electron chi connectivity index (χ0n) is 20.8. The molecule has 0 radical (unpaired) electrons. The number of ketones is 1. The molecule has 35 heavy (non-hydrogen) atoms. The Balaban J connectivity index is 1.52. The molecule has 5 rings (SSSR count). The molecule has 0 bridgehead atoms. The molecule has 0 amide bonds. The Kier molecular flexibility index (Phi) is 6.45. The lowest BCUT2D eigenvalue weighted by Gasteiger charge is -2.38. The molecule has 6 nitrogen and oxygen atoms in total. The van der Waals surface area contributed by atoms with Crippen LogP contribution in [0.15, 0.2) is 65.0 Å². The van der Waals surface area contributed by atoms with E-state index in [4.69, 9.17) is 14.8 Å². The van der Waals surface area contributed by atoms with E-state index < -0.39 is 0 Å². The van der Waals surface area contributed by atoms with Gasteiger partial charge in [-0.05, 0) is 54.0 Å². The summed E-state index contributed by atoms with van der Waals surface area (Å²) in [5.41, 5.74) is 5.02. The van der Waals surface area contributed by atoms with E-state index in [0.29, 0.717) is 19.0 Å². The van der Waals surface area contributed by atoms with Crippen LogP contribution in [0.4, 0.5) is 5.95 Å². The van der Waals surface area contributed by atoms with Crippen LogP contribution in [-0.4, -0.2) is 26.3 Å². The van der Waals surface area contributed by atoms with Crippen LogP contribution in [0.25, 0.3) is 0 Å². The Morgan fingerprint density at radius 2 is 2.00 bits per heavy atom. The van der Waals surface area contributed by atoms with Crippen LogP contribution < -0.4 is 10.1 Å². The van der Waals surface area contributed by atoms with Crippen molar-refractivity contribution in [3.05, 3.63) is 76.5 Å². The average molecular weight is 489 g/mol. The van der Waals surface area contributed by atoms with E-state index in [9.17, 15) is 4.79 Å². The minimum atomic E-state index is -0.324. The number of fused-ring (bicyclic) bond motifs is 1. The summed E-state index contributed by atoms with van der Waals surface area (Å²) in [7, 11) is 0. The number of nitrogens with zero attached hydrogens (tertiary/aromatic N) is 3. The summed E-state index contributed by atoms with van der Waals surface area (Å²) >= 11 is 1.64. The molecule has 1 aliphatic heterocycles. The van der Waals surface area contributed by atoms with E-state index in [1.165, 1.54) is 5.56 Å². The molecule has 0 saturated heterocycles. The molecule has 1 aliphatic carbocycles. The maximum Gasteiger partial charge on any atom is 0.227 e. The van der Waals surface area contributed by atoms with Crippen LogP contribution in [0.3, 0.4) is 0 Å². The van der Waals surface area contributed by atoms with Crippen LogP contribution in [0.2, 0.25) is 0 Å². The second-order valence-corrected chi connectivity index (χ2v) is 11.2. The van der Waals surface area contributed by atoms with Crippen molar-refractivity contribution in [2.75, 3.05) is 11.1 Å². The van der Waals surface area contributed by atoms with Gasteiger partial charge in [-0.1, -0.05) is 68.9 Å². The smallest absolute Gasteiger partial charge is 0.227 e. The van der Waals surface area contributed by atoms with Gasteiger partial charge in [-0.3, -0.25) is 4.79 Å². The average Bonchev–Trinajstić information content (AvgIpc) is 3.22. The quantitative estimate of drug-likeness (QED) is 0.392. The monoisotopic (exact) mass is 488 g/mol. The second kappa shape index (κ2) is 9.53. The Labute approximate surface area is 211 Å². The molecule has 0 saturated carbocycles. The van der Waals surface area contributed by atoms with Crippen molar-refractivity contribution in [2.24, 2.45) is 5.41 Å². The van der Waals surface area contributed by atoms with Crippen molar-refractivity contribution in [3.8, 4) is 5.75 Å². The highest BCUT2D eigenvalue weighted by molar-refractivity contribution is 7.99. The van der Waals surface area contributed by atoms with Gasteiger partial charge in [0.15, 0.2) is 5.78 Å². The normalized spacial score (nSPS) is 18.6. The standard InChI is InChI=1S/C28H32N4O2S/c1-5-13-35-27-30-26-29-22-15-28(3,4)16-23(33)24(22)25(32(26)31-27)19-11-8-12-21(14-19)34-17-20-10-7-6-9-18(20)2/h6-12,14,25H,5,13,15-17H2,1-4H3,(H,29,30,31). The number of ether oxygens (including phenoxy) is 1. The van der Waals surface area contributed by atoms with Gasteiger partial charge >= 0.3 is 0 Å². The lowest BCUT2D eigenvalue weighted by atomic mass is 9.73. The first kappa shape index (κ1) is 23.7. The fourth-order valence-corrected chi connectivity index (χ4v) is 5.54. The highest BCUT2D eigenvalue weighted by Gasteiger charge is 2.42. The Morgan fingerprint density at radius 1 is 1.17 bits per heavy atom. The third-order valence-electron chi connectivity index (χ3n) is 6.58. The minimum Gasteiger partial charge on any atom is -0.489 e. The van der Waals surface area contributed by atoms with Gasteiger partial charge in [-0.2, -0.15) is 4.98 Å². The fraction of sp³-hybridized carbons (Fsp3) is 0.393. The molecule has 3 aromatic rings. The van der Waals surface area contributed by atoms with Crippen LogP contribution in [-0.2, 0) is 11.4 Å². The highest BCUT2D eigenvalue weighted by Crippen LogP contribution is 2.46. The molecule has 1 N–H and O–H groups in total. The summed E-state index contributed by atoms with van der Waals surface area (Å²) in [4.78, 5) is 18.2. The number of anilines is 1. The SMILES string of the molecule is CCCSc1nc2n(n1)C(c1cccc(OCc3ccccc3C)c1)C1=C(CC(C)(C)CC1=O)N2. The van der Waals surface area contributed by atoms with Gasteiger partial charge in [-0.15, -0.1) is 5.10 Å². The van der Waals surface area contributed by atoms with E-state index >= 15 is 0 Å². The number of nitrogens with one attached hydrogen (secondary N) is 1. The highest BCUT2D eigenvalue weighted by atomic mass is 32.2. The largest absolute Gasteiger partial charge is 0.489 e. The third-order valence-corrected chi connectivity index (χ3v) is 7.62. The van der Waals surface area contributed by atoms with Crippen molar-refractivity contribution in [1.82, 2.24) is 14.8 Å². The van der Waals surface area contributed by atoms with E-state index in [-0.39, 0.29) is 17.2 Å². The van der Waals surface area contributed by atoms with E-state index in [1.807, 2.05) is 35.0 Å². The zero-order valence-corrected chi connectivity index (χ0v) is 21.6. The zero-order chi connectivity index (χ0) is 24.6. The van der Waals surface area contributed by atoms with Crippen molar-refractivity contribution in [3.63, 3.8) is 0 Å². The number of benzene rings is 2. The van der Waals surface area contributed by atoms with Crippen molar-refractivity contribution < 1.29 is 9.53 Å². The number of carbonyl (C=O) groups is 1. The Morgan fingerprint density at radius 3 is 2.80 bits per heavy atom. The lowest BCUT2D eigenvalue weighted by molar-refractivity contribution is -0.118. The number of rotatable bonds is 7. The second-order valence-electron chi connectivity index (χ2n) is 10.2. The van der Waals surface area contributed by atoms with Gasteiger partial charge in [0.2, 0.25) is 11.1 Å². The molecule has 1 aromatic heterocycles. The van der Waals surface area contributed by atoms with E-state index in [0.717, 1.165) is 51.9 Å². The van der Waals surface area contributed by atoms with Gasteiger partial charge in [0.1, 0.15) is 18.4 Å². The number of thioether (sulfide) groups is 1. The summed E-state index contributed by atoms with van der Waals surface area (Å²) in [5, 5.41) is 9.01. The molecule has 0 fully saturated rings. The Bertz CT molecular complexity index is 1290. The summed E-state index contributed by atoms with van der Waals surface area (Å²) in [5.74, 6) is 2.60. The molecule has 182 valence electrons. The fourth-order valence-electron chi connectivity index (χ4n) is 4.86. The number of aromatic nitrogens is 3. The first-order chi connectivity index (χ1) is 16.8. The Hall–Kier alpha value is -3.06. The molecule has 0 spiro atoms. The van der Waals surface area contributed by atoms with E-state index in [2.05, 4.69) is 51.2 Å². The van der Waals surface area contributed by atoms with Crippen molar-refractivity contribution >= 4 is 23.5 Å². The summed E-state index contributed by atoms with van der Waals surface area (Å²) in [6, 6.07) is 16.0. The predicted molar refractivity (Wildman–Crippen MR) is 140 cm³/mol. The number of hydrogen-bond donors (Lipinski definition) is 1. The van der Waals surface area contributed by atoms with Crippen LogP contribution in [0.1, 0.15) is 62.8 Å². The number of hydrogen-bond acceptors (Lipinski definition) is 6. The van der Waals surface area contributed by atoms with Gasteiger partial charge < -0.3 is 10.1 Å². The molecule has 2 aliphatic rings. The topological polar surface area (TPSA) is 69.0 Å². The van der Waals surface area contributed by atoms with E-state index in [1.54, 1.807) is 11.8 Å². The van der Waals surface area contributed by atoms with Gasteiger partial charge in [0.25, 0.3) is 0 Å². The van der Waals surface area contributed by atoms with Crippen LogP contribution in [0.5, 0.6) is 5.75 Å². The molecular formula is C28H32N4O2S. The number of allylic oxidation sites excluding steroid dienone is 2. The molecule has 7 heteroatoms. The van der Waals surface area contributed by atoms with Crippen LogP contribution in [0, 0.1) is 12.3 Å². The van der Waals surface area contributed by atoms with Gasteiger partial charge in [-0.25, -0.2) is 4.68 Å². The molecule has 1 unspecified atom stereocenters. The summed E-state index contributed by atoms with van der Waals surface area (Å²) in [6.07, 6.45) is 2.38. The van der Waals surface area contributed by atoms with Crippen molar-refractivity contribution in [2.45, 2.75) is 64.8 Å². The maximum atomic E-state index is 13.5. The maximum absolute atomic E-state index is 13.5. The van der Waals surface area contributed by atoms with Gasteiger partial charge in [0.05, 0.1) is 0 Å². The number of aryl methyl sites for hydroxylation is 1. The molecule has 2 aromatic carbocycles. The van der Waals surface area contributed by atoms with Gasteiger partial charge in [0, 0.05) is 23.4 Å². The third kappa shape index (κ3) is 4.87. The first-order valence-corrected chi connectivity index (χ1v) is 13.2. The van der Waals surface area contributed by atoms with Crippen molar-refractivity contribution in [1.29, 1.82) is 0 Å². The molecule has 2 heterocycles. The number of carbonyl (C=O) groups excluding carboxylic acids is 1. The molecular weight excluding hydrogens is 456 g/mol. The van der Waals surface area contributed by atoms with Crippen LogP contribution >= 0.6 is 11.8 Å². The lowest BCUT2D eigenvalue weighted by Crippen LogP contribution is -2.36. The number of Topliss-reactive ketones (excluding diaryl/α,β-unsaturated/α-hetero) is 1. The first-order valence-electron chi connectivity index (χ1n) is 12.2. The minimum absolute atomic E-state index is 0.0893.